The van der Waals surface area contributed by atoms with Gasteiger partial charge in [0.25, 0.3) is 15.9 Å². The molecule has 0 spiro atoms. The molecule has 0 aliphatic rings. The Morgan fingerprint density at radius 1 is 1.06 bits per heavy atom. The molecule has 0 aliphatic heterocycles. The van der Waals surface area contributed by atoms with E-state index in [1.54, 1.807) is 6.92 Å². The summed E-state index contributed by atoms with van der Waals surface area (Å²) in [4.78, 5) is 11.1. The minimum atomic E-state index is -5.22. The first-order valence-electron chi connectivity index (χ1n) is 8.23. The van der Waals surface area contributed by atoms with Gasteiger partial charge in [0.15, 0.2) is 11.4 Å². The Balaban J connectivity index is 2.08. The van der Waals surface area contributed by atoms with Crippen molar-refractivity contribution in [2.24, 2.45) is 0 Å². The highest BCUT2D eigenvalue weighted by Gasteiger charge is 2.43. The van der Waals surface area contributed by atoms with Crippen LogP contribution >= 0.6 is 23.2 Å². The predicted octanol–water partition coefficient (Wildman–Crippen LogP) is 4.30. The van der Waals surface area contributed by atoms with Gasteiger partial charge in [0.1, 0.15) is 16.5 Å². The van der Waals surface area contributed by atoms with E-state index in [0.29, 0.717) is 11.6 Å². The van der Waals surface area contributed by atoms with E-state index in [4.69, 9.17) is 23.2 Å². The number of alkyl halides is 3. The first-order chi connectivity index (χ1) is 14.7. The molecule has 0 aliphatic carbocycles. The highest BCUT2D eigenvalue weighted by molar-refractivity contribution is 7.90. The van der Waals surface area contributed by atoms with E-state index in [-0.39, 0.29) is 21.5 Å². The Labute approximate surface area is 186 Å². The molecule has 15 heteroatoms. The summed E-state index contributed by atoms with van der Waals surface area (Å²) < 4.78 is 94.4. The van der Waals surface area contributed by atoms with Gasteiger partial charge in [-0.15, -0.1) is 5.10 Å². The maximum Gasteiger partial charge on any atom is 0.435 e. The summed E-state index contributed by atoms with van der Waals surface area (Å²) in [5.74, 6) is -4.78. The molecule has 1 aromatic heterocycles. The molecular formula is C17H9Cl2F5N4O3S. The number of nitrogens with zero attached hydrogens (tertiary/aromatic N) is 3. The highest BCUT2D eigenvalue weighted by atomic mass is 35.5. The van der Waals surface area contributed by atoms with Crippen LogP contribution in [-0.4, -0.2) is 29.3 Å². The molecule has 0 atom stereocenters. The largest absolute Gasteiger partial charge is 0.435 e. The maximum absolute atomic E-state index is 13.9. The topological polar surface area (TPSA) is 93.9 Å². The molecule has 1 N–H and O–H groups in total. The molecule has 3 rings (SSSR count). The van der Waals surface area contributed by atoms with Crippen LogP contribution in [-0.2, 0) is 16.2 Å². The average molecular weight is 515 g/mol. The molecule has 1 heterocycles. The van der Waals surface area contributed by atoms with Gasteiger partial charge in [0.05, 0.1) is 15.7 Å². The summed E-state index contributed by atoms with van der Waals surface area (Å²) in [6.07, 6.45) is -5.22. The molecular weight excluding hydrogens is 506 g/mol. The lowest BCUT2D eigenvalue weighted by atomic mass is 10.2. The molecule has 0 radical (unpaired) electrons. The molecule has 0 saturated heterocycles. The lowest BCUT2D eigenvalue weighted by Crippen LogP contribution is -2.33. The number of carbonyl (C=O) groups excluding carboxylic acids is 1. The Morgan fingerprint density at radius 2 is 1.72 bits per heavy atom. The van der Waals surface area contributed by atoms with Crippen molar-refractivity contribution >= 4 is 39.1 Å². The van der Waals surface area contributed by atoms with Crippen molar-refractivity contribution in [2.75, 3.05) is 0 Å². The number of hydrogen-bond donors (Lipinski definition) is 1. The number of halogens is 7. The summed E-state index contributed by atoms with van der Waals surface area (Å²) in [5, 5.41) is 5.46. The fourth-order valence-electron chi connectivity index (χ4n) is 2.58. The zero-order valence-electron chi connectivity index (χ0n) is 15.5. The Kier molecular flexibility index (Phi) is 6.19. The van der Waals surface area contributed by atoms with Crippen LogP contribution in [0.5, 0.6) is 0 Å². The van der Waals surface area contributed by atoms with Crippen LogP contribution in [0, 0.1) is 18.6 Å². The van der Waals surface area contributed by atoms with Crippen LogP contribution in [0.3, 0.4) is 0 Å². The fraction of sp³-hybridized carbons (Fsp3) is 0.118. The molecule has 170 valence electrons. The van der Waals surface area contributed by atoms with E-state index in [2.05, 4.69) is 10.3 Å². The quantitative estimate of drug-likeness (QED) is 0.413. The van der Waals surface area contributed by atoms with Gasteiger partial charge in [0.2, 0.25) is 0 Å². The zero-order valence-corrected chi connectivity index (χ0v) is 17.8. The van der Waals surface area contributed by atoms with Gasteiger partial charge in [-0.2, -0.15) is 13.2 Å². The van der Waals surface area contributed by atoms with E-state index < -0.39 is 55.0 Å². The van der Waals surface area contributed by atoms with Crippen LogP contribution in [0.4, 0.5) is 22.0 Å². The molecule has 3 aromatic rings. The second-order valence-corrected chi connectivity index (χ2v) is 8.75. The minimum Gasteiger partial charge on any atom is -0.266 e. The van der Waals surface area contributed by atoms with Crippen molar-refractivity contribution in [1.82, 2.24) is 19.7 Å². The molecule has 32 heavy (non-hydrogen) atoms. The van der Waals surface area contributed by atoms with Crippen molar-refractivity contribution in [1.29, 1.82) is 0 Å². The van der Waals surface area contributed by atoms with Gasteiger partial charge in [-0.1, -0.05) is 34.5 Å². The van der Waals surface area contributed by atoms with E-state index in [0.717, 1.165) is 0 Å². The zero-order chi connectivity index (χ0) is 24.0. The van der Waals surface area contributed by atoms with Crippen LogP contribution in [0.25, 0.3) is 5.69 Å². The van der Waals surface area contributed by atoms with Crippen molar-refractivity contribution in [3.8, 4) is 5.69 Å². The van der Waals surface area contributed by atoms with Gasteiger partial charge >= 0.3 is 6.18 Å². The molecule has 1 amide bonds. The summed E-state index contributed by atoms with van der Waals surface area (Å²) in [6.45, 7) is 1.63. The van der Waals surface area contributed by atoms with Gasteiger partial charge < -0.3 is 0 Å². The average Bonchev–Trinajstić information content (AvgIpc) is 3.09. The standard InChI is InChI=1S/C17H9Cl2F5N4O3S/c1-7-2-3-12(9(19)4-7)28-15(17(22,23)24)14(25-27-28)16(29)26-32(30,31)13-5-8(18)10(20)6-11(13)21/h2-6H,1H3,(H,26,29). The van der Waals surface area contributed by atoms with Crippen molar-refractivity contribution in [3.05, 3.63) is 69.0 Å². The van der Waals surface area contributed by atoms with Crippen LogP contribution in [0.2, 0.25) is 10.0 Å². The molecule has 0 unspecified atom stereocenters. The Bertz CT molecular complexity index is 1340. The predicted molar refractivity (Wildman–Crippen MR) is 102 cm³/mol. The van der Waals surface area contributed by atoms with Crippen molar-refractivity contribution < 1.29 is 35.2 Å². The van der Waals surface area contributed by atoms with E-state index in [1.165, 1.54) is 22.9 Å². The normalized spacial score (nSPS) is 12.1. The lowest BCUT2D eigenvalue weighted by molar-refractivity contribution is -0.143. The molecule has 7 nitrogen and oxygen atoms in total. The summed E-state index contributed by atoms with van der Waals surface area (Å²) in [7, 11) is -5.11. The third-order valence-electron chi connectivity index (χ3n) is 3.98. The fourth-order valence-corrected chi connectivity index (χ4v) is 4.16. The maximum atomic E-state index is 13.9. The molecule has 0 bridgehead atoms. The number of hydrogen-bond acceptors (Lipinski definition) is 5. The molecule has 0 fully saturated rings. The number of sulfonamides is 1. The number of rotatable bonds is 4. The smallest absolute Gasteiger partial charge is 0.266 e. The first-order valence-corrected chi connectivity index (χ1v) is 10.5. The van der Waals surface area contributed by atoms with Crippen LogP contribution in [0.1, 0.15) is 21.7 Å². The van der Waals surface area contributed by atoms with Crippen molar-refractivity contribution in [2.45, 2.75) is 18.0 Å². The monoisotopic (exact) mass is 514 g/mol. The SMILES string of the molecule is Cc1ccc(-n2nnc(C(=O)NS(=O)(=O)c3cc(Cl)c(F)cc3F)c2C(F)(F)F)c(Cl)c1. The van der Waals surface area contributed by atoms with E-state index >= 15 is 0 Å². The number of benzene rings is 2. The lowest BCUT2D eigenvalue weighted by Gasteiger charge is -2.13. The van der Waals surface area contributed by atoms with Crippen LogP contribution in [0.15, 0.2) is 35.2 Å². The second-order valence-electron chi connectivity index (χ2n) is 6.28. The second kappa shape index (κ2) is 8.30. The molecule has 2 aromatic carbocycles. The van der Waals surface area contributed by atoms with Crippen molar-refractivity contribution in [3.63, 3.8) is 0 Å². The summed E-state index contributed by atoms with van der Waals surface area (Å²) in [5.41, 5.74) is -2.81. The van der Waals surface area contributed by atoms with E-state index in [1.807, 2.05) is 0 Å². The Hall–Kier alpha value is -2.77. The summed E-state index contributed by atoms with van der Waals surface area (Å²) in [6, 6.07) is 4.45. The van der Waals surface area contributed by atoms with Gasteiger partial charge in [0, 0.05) is 6.07 Å². The summed E-state index contributed by atoms with van der Waals surface area (Å²) >= 11 is 11.4. The Morgan fingerprint density at radius 3 is 2.31 bits per heavy atom. The number of nitrogens with one attached hydrogen (secondary N) is 1. The van der Waals surface area contributed by atoms with Gasteiger partial charge in [-0.25, -0.2) is 26.6 Å². The first kappa shape index (κ1) is 23.9. The number of amides is 1. The molecule has 0 saturated carbocycles. The van der Waals surface area contributed by atoms with Crippen LogP contribution < -0.4 is 4.72 Å². The van der Waals surface area contributed by atoms with E-state index in [9.17, 15) is 35.2 Å². The van der Waals surface area contributed by atoms with Gasteiger partial charge in [-0.05, 0) is 30.7 Å². The number of aromatic nitrogens is 3. The minimum absolute atomic E-state index is 0.137. The third-order valence-corrected chi connectivity index (χ3v) is 5.92. The number of aryl methyl sites for hydroxylation is 1. The third kappa shape index (κ3) is 4.54. The number of carbonyl (C=O) groups is 1. The van der Waals surface area contributed by atoms with Gasteiger partial charge in [-0.3, -0.25) is 4.79 Å². The highest BCUT2D eigenvalue weighted by Crippen LogP contribution is 2.34.